The Morgan fingerprint density at radius 3 is 3.20 bits per heavy atom. The quantitative estimate of drug-likeness (QED) is 0.458. The van der Waals surface area contributed by atoms with Crippen LogP contribution in [0.2, 0.25) is 0 Å². The van der Waals surface area contributed by atoms with Crippen LogP contribution in [0.25, 0.3) is 0 Å². The van der Waals surface area contributed by atoms with Crippen LogP contribution >= 0.6 is 0 Å². The lowest BCUT2D eigenvalue weighted by atomic mass is 10.6. The van der Waals surface area contributed by atoms with Crippen LogP contribution in [0, 0.1) is 0 Å². The molecule has 1 aromatic heterocycles. The van der Waals surface area contributed by atoms with Crippen LogP contribution in [0.15, 0.2) is 23.6 Å². The van der Waals surface area contributed by atoms with E-state index >= 15 is 0 Å². The van der Waals surface area contributed by atoms with Crippen LogP contribution in [-0.2, 0) is 0 Å². The Labute approximate surface area is 56.9 Å². The number of aromatic nitrogens is 2. The van der Waals surface area contributed by atoms with Gasteiger partial charge in [0.15, 0.2) is 0 Å². The number of fused-ring (bicyclic) bond motifs is 1. The number of hydrogen-bond donors (Lipinski definition) is 0. The smallest absolute Gasteiger partial charge is 0.252 e. The van der Waals surface area contributed by atoms with Gasteiger partial charge in [-0.2, -0.15) is 4.57 Å². The molecule has 48 valence electrons. The molecule has 0 saturated carbocycles. The highest BCUT2D eigenvalue weighted by molar-refractivity contribution is 6.23. The van der Waals surface area contributed by atoms with Crippen molar-refractivity contribution in [1.82, 2.24) is 4.98 Å². The molecule has 0 saturated heterocycles. The first-order chi connectivity index (χ1) is 4.88. The van der Waals surface area contributed by atoms with Gasteiger partial charge >= 0.3 is 11.7 Å². The molecule has 4 nitrogen and oxygen atoms in total. The molecule has 2 heterocycles. The molecule has 0 aromatic carbocycles. The molecule has 1 aliphatic rings. The number of aliphatic imine (C=N–C) groups is 1. The van der Waals surface area contributed by atoms with Gasteiger partial charge in [0.05, 0.1) is 6.20 Å². The number of rotatable bonds is 0. The summed E-state index contributed by atoms with van der Waals surface area (Å²) < 4.78 is 1.44. The van der Waals surface area contributed by atoms with Crippen molar-refractivity contribution in [2.75, 3.05) is 0 Å². The van der Waals surface area contributed by atoms with Gasteiger partial charge in [-0.15, -0.1) is 0 Å². The molecular formula is C6H4N3O+. The van der Waals surface area contributed by atoms with E-state index in [0.29, 0.717) is 5.82 Å². The second-order valence-electron chi connectivity index (χ2n) is 1.90. The molecule has 1 aromatic rings. The van der Waals surface area contributed by atoms with E-state index < -0.39 is 0 Å². The molecule has 0 atom stereocenters. The van der Waals surface area contributed by atoms with Crippen LogP contribution in [0.3, 0.4) is 0 Å². The lowest BCUT2D eigenvalue weighted by Gasteiger charge is -1.85. The zero-order valence-corrected chi connectivity index (χ0v) is 5.06. The maximum atomic E-state index is 10.9. The van der Waals surface area contributed by atoms with Gasteiger partial charge in [0.1, 0.15) is 12.4 Å². The minimum Gasteiger partial charge on any atom is -0.252 e. The van der Waals surface area contributed by atoms with Crippen molar-refractivity contribution in [2.24, 2.45) is 4.99 Å². The molecule has 10 heavy (non-hydrogen) atoms. The van der Waals surface area contributed by atoms with Gasteiger partial charge in [0.2, 0.25) is 6.21 Å². The van der Waals surface area contributed by atoms with E-state index in [0.717, 1.165) is 0 Å². The third kappa shape index (κ3) is 0.556. The van der Waals surface area contributed by atoms with Crippen molar-refractivity contribution >= 4 is 17.9 Å². The molecule has 0 aliphatic carbocycles. The molecule has 0 fully saturated rings. The minimum absolute atomic E-state index is 0.114. The topological polar surface area (TPSA) is 46.2 Å². The summed E-state index contributed by atoms with van der Waals surface area (Å²) in [4.78, 5) is 18.5. The summed E-state index contributed by atoms with van der Waals surface area (Å²) in [7, 11) is 0. The van der Waals surface area contributed by atoms with E-state index in [1.807, 2.05) is 0 Å². The van der Waals surface area contributed by atoms with Crippen molar-refractivity contribution in [1.29, 1.82) is 0 Å². The fourth-order valence-electron chi connectivity index (χ4n) is 0.819. The summed E-state index contributed by atoms with van der Waals surface area (Å²) in [6.45, 7) is 0. The van der Waals surface area contributed by atoms with Gasteiger partial charge in [0.25, 0.3) is 0 Å². The second kappa shape index (κ2) is 1.70. The Morgan fingerprint density at radius 1 is 1.50 bits per heavy atom. The first-order valence-electron chi connectivity index (χ1n) is 2.82. The number of carbonyl (C=O) groups excluding carboxylic acids is 1. The van der Waals surface area contributed by atoms with Gasteiger partial charge in [0, 0.05) is 0 Å². The Morgan fingerprint density at radius 2 is 2.40 bits per heavy atom. The summed E-state index contributed by atoms with van der Waals surface area (Å²) in [6.07, 6.45) is 5.96. The molecular weight excluding hydrogens is 130 g/mol. The molecule has 4 heteroatoms. The lowest BCUT2D eigenvalue weighted by Crippen LogP contribution is -2.39. The maximum Gasteiger partial charge on any atom is 0.382 e. The molecule has 0 amide bonds. The molecule has 0 N–H and O–H groups in total. The molecule has 1 aliphatic heterocycles. The predicted octanol–water partition coefficient (Wildman–Crippen LogP) is -0.275. The Bertz CT molecular complexity index is 319. The number of hydrogen-bond acceptors (Lipinski definition) is 3. The summed E-state index contributed by atoms with van der Waals surface area (Å²) in [5, 5.41) is 0. The van der Waals surface area contributed by atoms with Crippen molar-refractivity contribution in [3.05, 3.63) is 18.6 Å². The average molecular weight is 134 g/mol. The largest absolute Gasteiger partial charge is 0.382 e. The third-order valence-electron chi connectivity index (χ3n) is 1.28. The van der Waals surface area contributed by atoms with Crippen molar-refractivity contribution in [3.63, 3.8) is 0 Å². The van der Waals surface area contributed by atoms with Crippen molar-refractivity contribution in [3.8, 4) is 0 Å². The Kier molecular flexibility index (Phi) is 0.887. The maximum absolute atomic E-state index is 10.9. The van der Waals surface area contributed by atoms with Crippen LogP contribution in [0.4, 0.5) is 5.82 Å². The van der Waals surface area contributed by atoms with E-state index in [-0.39, 0.29) is 5.91 Å². The van der Waals surface area contributed by atoms with Gasteiger partial charge < -0.3 is 0 Å². The minimum atomic E-state index is -0.114. The summed E-state index contributed by atoms with van der Waals surface area (Å²) in [5.41, 5.74) is 0. The molecule has 0 spiro atoms. The summed E-state index contributed by atoms with van der Waals surface area (Å²) >= 11 is 0. The fourth-order valence-corrected chi connectivity index (χ4v) is 0.819. The SMILES string of the molecule is O=C1C=Nc2cncc[n+]21. The zero-order chi connectivity index (χ0) is 6.97. The van der Waals surface area contributed by atoms with E-state index in [9.17, 15) is 4.79 Å². The first kappa shape index (κ1) is 5.22. The number of nitrogens with zero attached hydrogens (tertiary/aromatic N) is 3. The summed E-state index contributed by atoms with van der Waals surface area (Å²) in [5.74, 6) is 0.477. The zero-order valence-electron chi connectivity index (χ0n) is 5.06. The standard InChI is InChI=1S/C6H4N3O/c10-6-4-8-5-3-7-1-2-9(5)6/h1-4H/q+1. The lowest BCUT2D eigenvalue weighted by molar-refractivity contribution is -0.551. The fraction of sp³-hybridized carbons (Fsp3) is 0. The predicted molar refractivity (Wildman–Crippen MR) is 33.2 cm³/mol. The normalized spacial score (nSPS) is 13.8. The third-order valence-corrected chi connectivity index (χ3v) is 1.28. The second-order valence-corrected chi connectivity index (χ2v) is 1.90. The van der Waals surface area contributed by atoms with E-state index in [1.54, 1.807) is 18.6 Å². The molecule has 0 bridgehead atoms. The van der Waals surface area contributed by atoms with Gasteiger partial charge in [-0.3, -0.25) is 4.98 Å². The first-order valence-corrected chi connectivity index (χ1v) is 2.82. The average Bonchev–Trinajstić information content (AvgIpc) is 2.34. The Hall–Kier alpha value is -1.58. The van der Waals surface area contributed by atoms with E-state index in [4.69, 9.17) is 0 Å². The number of carbonyl (C=O) groups is 1. The highest BCUT2D eigenvalue weighted by atomic mass is 16.2. The van der Waals surface area contributed by atoms with Crippen LogP contribution in [-0.4, -0.2) is 17.1 Å². The van der Waals surface area contributed by atoms with E-state index in [1.165, 1.54) is 10.8 Å². The highest BCUT2D eigenvalue weighted by Crippen LogP contribution is 2.03. The van der Waals surface area contributed by atoms with Crippen molar-refractivity contribution in [2.45, 2.75) is 0 Å². The van der Waals surface area contributed by atoms with E-state index in [2.05, 4.69) is 9.98 Å². The summed E-state index contributed by atoms with van der Waals surface area (Å²) in [6, 6.07) is 0. The molecule has 2 rings (SSSR count). The van der Waals surface area contributed by atoms with Gasteiger partial charge in [-0.1, -0.05) is 0 Å². The van der Waals surface area contributed by atoms with Crippen molar-refractivity contribution < 1.29 is 9.36 Å². The highest BCUT2D eigenvalue weighted by Gasteiger charge is 2.22. The monoisotopic (exact) mass is 134 g/mol. The van der Waals surface area contributed by atoms with Gasteiger partial charge in [-0.05, 0) is 4.99 Å². The van der Waals surface area contributed by atoms with Crippen LogP contribution < -0.4 is 4.57 Å². The van der Waals surface area contributed by atoms with Crippen LogP contribution in [0.5, 0.6) is 0 Å². The Balaban J connectivity index is 2.70. The van der Waals surface area contributed by atoms with Crippen LogP contribution in [0.1, 0.15) is 4.79 Å². The molecule has 0 radical (unpaired) electrons. The molecule has 0 unspecified atom stereocenters. The van der Waals surface area contributed by atoms with Gasteiger partial charge in [-0.25, -0.2) is 4.79 Å².